The van der Waals surface area contributed by atoms with E-state index < -0.39 is 0 Å². The van der Waals surface area contributed by atoms with Crippen molar-refractivity contribution in [3.63, 3.8) is 0 Å². The first-order valence-electron chi connectivity index (χ1n) is 9.08. The van der Waals surface area contributed by atoms with Crippen molar-refractivity contribution in [2.75, 3.05) is 31.1 Å². The monoisotopic (exact) mass is 336 g/mol. The second-order valence-electron chi connectivity index (χ2n) is 7.03. The summed E-state index contributed by atoms with van der Waals surface area (Å²) in [6.45, 7) is 7.01. The van der Waals surface area contributed by atoms with Gasteiger partial charge in [-0.2, -0.15) is 0 Å². The van der Waals surface area contributed by atoms with Crippen LogP contribution in [-0.2, 0) is 12.8 Å². The van der Waals surface area contributed by atoms with Crippen LogP contribution < -0.4 is 4.90 Å². The molecule has 1 aliphatic carbocycles. The Hall–Kier alpha value is -2.43. The van der Waals surface area contributed by atoms with E-state index in [1.807, 2.05) is 30.9 Å². The number of hydrogen-bond donors (Lipinski definition) is 0. The van der Waals surface area contributed by atoms with E-state index in [9.17, 15) is 4.79 Å². The van der Waals surface area contributed by atoms with E-state index in [0.717, 1.165) is 61.9 Å². The molecule has 1 aromatic carbocycles. The third-order valence-corrected chi connectivity index (χ3v) is 5.19. The van der Waals surface area contributed by atoms with Crippen molar-refractivity contribution in [3.8, 4) is 0 Å². The zero-order valence-electron chi connectivity index (χ0n) is 15.0. The minimum absolute atomic E-state index is 0.157. The zero-order valence-corrected chi connectivity index (χ0v) is 15.0. The second kappa shape index (κ2) is 6.47. The van der Waals surface area contributed by atoms with Crippen molar-refractivity contribution in [1.29, 1.82) is 0 Å². The lowest BCUT2D eigenvalue weighted by Crippen LogP contribution is -2.49. The molecular formula is C20H24N4O. The predicted octanol–water partition coefficient (Wildman–Crippen LogP) is 2.54. The summed E-state index contributed by atoms with van der Waals surface area (Å²) in [6, 6.07) is 8.26. The number of nitrogens with zero attached hydrogens (tertiary/aromatic N) is 4. The summed E-state index contributed by atoms with van der Waals surface area (Å²) in [4.78, 5) is 25.9. The fourth-order valence-electron chi connectivity index (χ4n) is 3.89. The summed E-state index contributed by atoms with van der Waals surface area (Å²) >= 11 is 0. The molecule has 1 saturated heterocycles. The number of anilines is 1. The van der Waals surface area contributed by atoms with Crippen LogP contribution >= 0.6 is 0 Å². The van der Waals surface area contributed by atoms with Crippen LogP contribution in [0.25, 0.3) is 0 Å². The van der Waals surface area contributed by atoms with Gasteiger partial charge >= 0.3 is 0 Å². The molecule has 1 aromatic heterocycles. The Morgan fingerprint density at radius 1 is 0.960 bits per heavy atom. The molecule has 5 nitrogen and oxygen atoms in total. The SMILES string of the molecule is Cc1cc(N2CCN(C(=O)c3ccc4c(c3)CCC4)CC2)nc(C)n1. The number of amides is 1. The van der Waals surface area contributed by atoms with Gasteiger partial charge in [-0.3, -0.25) is 4.79 Å². The maximum Gasteiger partial charge on any atom is 0.253 e. The Morgan fingerprint density at radius 3 is 2.48 bits per heavy atom. The highest BCUT2D eigenvalue weighted by atomic mass is 16.2. The van der Waals surface area contributed by atoms with Crippen LogP contribution in [0.3, 0.4) is 0 Å². The number of aromatic nitrogens is 2. The minimum Gasteiger partial charge on any atom is -0.353 e. The lowest BCUT2D eigenvalue weighted by Gasteiger charge is -2.35. The fraction of sp³-hybridized carbons (Fsp3) is 0.450. The third kappa shape index (κ3) is 3.23. The Bertz CT molecular complexity index is 789. The van der Waals surface area contributed by atoms with Gasteiger partial charge in [-0.25, -0.2) is 9.97 Å². The molecule has 25 heavy (non-hydrogen) atoms. The average molecular weight is 336 g/mol. The summed E-state index contributed by atoms with van der Waals surface area (Å²) in [6.07, 6.45) is 3.47. The van der Waals surface area contributed by atoms with E-state index in [1.165, 1.54) is 17.5 Å². The van der Waals surface area contributed by atoms with E-state index in [2.05, 4.69) is 27.0 Å². The summed E-state index contributed by atoms with van der Waals surface area (Å²) < 4.78 is 0. The molecule has 0 spiro atoms. The van der Waals surface area contributed by atoms with E-state index in [-0.39, 0.29) is 5.91 Å². The van der Waals surface area contributed by atoms with Crippen molar-refractivity contribution >= 4 is 11.7 Å². The molecule has 2 heterocycles. The van der Waals surface area contributed by atoms with Crippen LogP contribution in [-0.4, -0.2) is 47.0 Å². The average Bonchev–Trinajstić information content (AvgIpc) is 3.08. The van der Waals surface area contributed by atoms with Gasteiger partial charge in [-0.15, -0.1) is 0 Å². The second-order valence-corrected chi connectivity index (χ2v) is 7.03. The molecule has 1 aliphatic heterocycles. The van der Waals surface area contributed by atoms with Crippen LogP contribution in [0.15, 0.2) is 24.3 Å². The largest absolute Gasteiger partial charge is 0.353 e. The molecule has 0 radical (unpaired) electrons. The number of fused-ring (bicyclic) bond motifs is 1. The third-order valence-electron chi connectivity index (χ3n) is 5.19. The number of carbonyl (C=O) groups excluding carboxylic acids is 1. The van der Waals surface area contributed by atoms with Crippen molar-refractivity contribution in [3.05, 3.63) is 52.5 Å². The van der Waals surface area contributed by atoms with E-state index >= 15 is 0 Å². The van der Waals surface area contributed by atoms with Gasteiger partial charge in [0.15, 0.2) is 0 Å². The highest BCUT2D eigenvalue weighted by Gasteiger charge is 2.24. The Morgan fingerprint density at radius 2 is 1.72 bits per heavy atom. The van der Waals surface area contributed by atoms with Crippen LogP contribution in [0.1, 0.15) is 39.4 Å². The molecule has 1 fully saturated rings. The first-order chi connectivity index (χ1) is 12.1. The van der Waals surface area contributed by atoms with Gasteiger partial charge in [0.2, 0.25) is 0 Å². The van der Waals surface area contributed by atoms with Gasteiger partial charge in [0.05, 0.1) is 0 Å². The molecule has 0 atom stereocenters. The molecule has 5 heteroatoms. The molecule has 0 saturated carbocycles. The first-order valence-corrected chi connectivity index (χ1v) is 9.08. The Labute approximate surface area is 148 Å². The Balaban J connectivity index is 1.44. The van der Waals surface area contributed by atoms with Gasteiger partial charge in [0.25, 0.3) is 5.91 Å². The summed E-state index contributed by atoms with van der Waals surface area (Å²) in [5.74, 6) is 1.92. The van der Waals surface area contributed by atoms with Gasteiger partial charge in [0.1, 0.15) is 11.6 Å². The van der Waals surface area contributed by atoms with Crippen molar-refractivity contribution in [2.24, 2.45) is 0 Å². The summed E-state index contributed by atoms with van der Waals surface area (Å²) in [7, 11) is 0. The van der Waals surface area contributed by atoms with Gasteiger partial charge in [-0.1, -0.05) is 6.07 Å². The number of benzene rings is 1. The van der Waals surface area contributed by atoms with Gasteiger partial charge in [-0.05, 0) is 56.4 Å². The van der Waals surface area contributed by atoms with Crippen molar-refractivity contribution < 1.29 is 4.79 Å². The number of piperazine rings is 1. The van der Waals surface area contributed by atoms with Crippen LogP contribution in [0.5, 0.6) is 0 Å². The highest BCUT2D eigenvalue weighted by molar-refractivity contribution is 5.94. The van der Waals surface area contributed by atoms with E-state index in [4.69, 9.17) is 0 Å². The van der Waals surface area contributed by atoms with Gasteiger partial charge in [0, 0.05) is 43.5 Å². The molecule has 0 bridgehead atoms. The van der Waals surface area contributed by atoms with Crippen molar-refractivity contribution in [2.45, 2.75) is 33.1 Å². The maximum absolute atomic E-state index is 12.8. The minimum atomic E-state index is 0.157. The highest BCUT2D eigenvalue weighted by Crippen LogP contribution is 2.24. The fourth-order valence-corrected chi connectivity index (χ4v) is 3.89. The standard InChI is InChI=1S/C20H24N4O/c1-14-12-19(22-15(2)21-14)23-8-10-24(11-9-23)20(25)18-7-6-16-4-3-5-17(16)13-18/h6-7,12-13H,3-5,8-11H2,1-2H3. The topological polar surface area (TPSA) is 49.3 Å². The smallest absolute Gasteiger partial charge is 0.253 e. The molecule has 2 aromatic rings. The predicted molar refractivity (Wildman–Crippen MR) is 98.1 cm³/mol. The molecule has 2 aliphatic rings. The number of rotatable bonds is 2. The normalized spacial score (nSPS) is 16.9. The Kier molecular flexibility index (Phi) is 4.15. The molecule has 0 N–H and O–H groups in total. The molecule has 0 unspecified atom stereocenters. The van der Waals surface area contributed by atoms with Gasteiger partial charge < -0.3 is 9.80 Å². The summed E-state index contributed by atoms with van der Waals surface area (Å²) in [5, 5.41) is 0. The first kappa shape index (κ1) is 16.1. The quantitative estimate of drug-likeness (QED) is 0.846. The lowest BCUT2D eigenvalue weighted by molar-refractivity contribution is 0.0746. The number of aryl methyl sites for hydroxylation is 4. The van der Waals surface area contributed by atoms with Crippen LogP contribution in [0, 0.1) is 13.8 Å². The van der Waals surface area contributed by atoms with E-state index in [1.54, 1.807) is 0 Å². The maximum atomic E-state index is 12.8. The molecule has 130 valence electrons. The lowest BCUT2D eigenvalue weighted by atomic mass is 10.1. The van der Waals surface area contributed by atoms with Crippen LogP contribution in [0.2, 0.25) is 0 Å². The molecule has 4 rings (SSSR count). The zero-order chi connectivity index (χ0) is 17.4. The molecule has 1 amide bonds. The van der Waals surface area contributed by atoms with E-state index in [0.29, 0.717) is 0 Å². The van der Waals surface area contributed by atoms with Crippen molar-refractivity contribution in [1.82, 2.24) is 14.9 Å². The van der Waals surface area contributed by atoms with Crippen LogP contribution in [0.4, 0.5) is 5.82 Å². The number of carbonyl (C=O) groups is 1. The molecular weight excluding hydrogens is 312 g/mol. The number of hydrogen-bond acceptors (Lipinski definition) is 4. The summed E-state index contributed by atoms with van der Waals surface area (Å²) in [5.41, 5.74) is 4.59.